The maximum atomic E-state index is 11.9. The molecule has 2 rings (SSSR count). The van der Waals surface area contributed by atoms with E-state index in [1.54, 1.807) is 18.2 Å². The molecule has 0 aliphatic carbocycles. The van der Waals surface area contributed by atoms with E-state index in [-0.39, 0.29) is 24.8 Å². The fourth-order valence-corrected chi connectivity index (χ4v) is 2.48. The van der Waals surface area contributed by atoms with E-state index >= 15 is 0 Å². The minimum atomic E-state index is -0.278. The van der Waals surface area contributed by atoms with Crippen LogP contribution in [0.5, 0.6) is 0 Å². The molecule has 0 aromatic heterocycles. The first-order valence-corrected chi connectivity index (χ1v) is 8.18. The third-order valence-electron chi connectivity index (χ3n) is 3.19. The van der Waals surface area contributed by atoms with Gasteiger partial charge in [-0.3, -0.25) is 9.59 Å². The van der Waals surface area contributed by atoms with Crippen molar-refractivity contribution < 1.29 is 9.59 Å². The summed E-state index contributed by atoms with van der Waals surface area (Å²) in [6.45, 7) is 1.78. The molecule has 2 aromatic rings. The van der Waals surface area contributed by atoms with Gasteiger partial charge in [0, 0.05) is 15.2 Å². The van der Waals surface area contributed by atoms with Gasteiger partial charge in [0.2, 0.25) is 11.8 Å². The number of carbonyl (C=O) groups is 2. The van der Waals surface area contributed by atoms with Gasteiger partial charge in [0.25, 0.3) is 0 Å². The molecule has 0 heterocycles. The van der Waals surface area contributed by atoms with Crippen molar-refractivity contribution in [2.75, 3.05) is 11.9 Å². The lowest BCUT2D eigenvalue weighted by atomic mass is 10.1. The fourth-order valence-electron chi connectivity index (χ4n) is 1.99. The van der Waals surface area contributed by atoms with E-state index < -0.39 is 0 Å². The molecule has 0 fully saturated rings. The molecule has 0 saturated carbocycles. The topological polar surface area (TPSA) is 58.2 Å². The van der Waals surface area contributed by atoms with Gasteiger partial charge in [-0.25, -0.2) is 0 Å². The molecule has 23 heavy (non-hydrogen) atoms. The first kappa shape index (κ1) is 17.5. The first-order chi connectivity index (χ1) is 10.9. The summed E-state index contributed by atoms with van der Waals surface area (Å²) in [6.07, 6.45) is 0.237. The summed E-state index contributed by atoms with van der Waals surface area (Å²) in [7, 11) is 0. The van der Waals surface area contributed by atoms with Gasteiger partial charge in [-0.15, -0.1) is 0 Å². The minimum absolute atomic E-state index is 0.0720. The first-order valence-electron chi connectivity index (χ1n) is 7.01. The Hall–Kier alpha value is -1.85. The molecule has 0 bridgehead atoms. The van der Waals surface area contributed by atoms with Gasteiger partial charge in [0.05, 0.1) is 13.0 Å². The predicted octanol–water partition coefficient (Wildman–Crippen LogP) is 3.71. The number of anilines is 1. The molecule has 0 atom stereocenters. The van der Waals surface area contributed by atoms with Crippen molar-refractivity contribution in [3.63, 3.8) is 0 Å². The molecule has 0 spiro atoms. The van der Waals surface area contributed by atoms with E-state index in [9.17, 15) is 9.59 Å². The highest BCUT2D eigenvalue weighted by Crippen LogP contribution is 2.19. The van der Waals surface area contributed by atoms with E-state index in [4.69, 9.17) is 11.6 Å². The Kier molecular flexibility index (Phi) is 6.19. The summed E-state index contributed by atoms with van der Waals surface area (Å²) >= 11 is 9.21. The van der Waals surface area contributed by atoms with Crippen molar-refractivity contribution in [3.8, 4) is 0 Å². The standard InChI is InChI=1S/C17H16BrClN2O2/c1-11-8-14(19)6-7-15(11)21-17(23)10-20-16(22)9-12-2-4-13(18)5-3-12/h2-8H,9-10H2,1H3,(H,20,22)(H,21,23). The zero-order chi connectivity index (χ0) is 16.8. The van der Waals surface area contributed by atoms with E-state index in [1.807, 2.05) is 31.2 Å². The summed E-state index contributed by atoms with van der Waals surface area (Å²) in [5.41, 5.74) is 2.44. The average molecular weight is 396 g/mol. The lowest BCUT2D eigenvalue weighted by Crippen LogP contribution is -2.33. The van der Waals surface area contributed by atoms with Gasteiger partial charge < -0.3 is 10.6 Å². The Morgan fingerprint density at radius 2 is 1.78 bits per heavy atom. The van der Waals surface area contributed by atoms with Gasteiger partial charge in [0.15, 0.2) is 0 Å². The molecule has 4 nitrogen and oxygen atoms in total. The largest absolute Gasteiger partial charge is 0.347 e. The van der Waals surface area contributed by atoms with Crippen molar-refractivity contribution in [1.29, 1.82) is 0 Å². The van der Waals surface area contributed by atoms with Crippen LogP contribution < -0.4 is 10.6 Å². The molecule has 2 amide bonds. The average Bonchev–Trinajstić information content (AvgIpc) is 2.50. The third kappa shape index (κ3) is 5.69. The van der Waals surface area contributed by atoms with Crippen LogP contribution in [0.3, 0.4) is 0 Å². The van der Waals surface area contributed by atoms with Crippen LogP contribution in [0.15, 0.2) is 46.9 Å². The van der Waals surface area contributed by atoms with Gasteiger partial charge in [0.1, 0.15) is 0 Å². The highest BCUT2D eigenvalue weighted by Gasteiger charge is 2.08. The zero-order valence-electron chi connectivity index (χ0n) is 12.5. The second-order valence-corrected chi connectivity index (χ2v) is 6.44. The van der Waals surface area contributed by atoms with E-state index in [1.165, 1.54) is 0 Å². The molecular weight excluding hydrogens is 380 g/mol. The smallest absolute Gasteiger partial charge is 0.243 e. The molecule has 6 heteroatoms. The Bertz CT molecular complexity index is 717. The van der Waals surface area contributed by atoms with Crippen molar-refractivity contribution in [3.05, 3.63) is 63.1 Å². The van der Waals surface area contributed by atoms with E-state index in [0.29, 0.717) is 10.7 Å². The van der Waals surface area contributed by atoms with Crippen LogP contribution in [-0.4, -0.2) is 18.4 Å². The number of halogens is 2. The van der Waals surface area contributed by atoms with Crippen LogP contribution in [0.1, 0.15) is 11.1 Å². The number of nitrogens with one attached hydrogen (secondary N) is 2. The maximum Gasteiger partial charge on any atom is 0.243 e. The monoisotopic (exact) mass is 394 g/mol. The van der Waals surface area contributed by atoms with Crippen molar-refractivity contribution >= 4 is 45.0 Å². The Labute approximate surface area is 148 Å². The fraction of sp³-hybridized carbons (Fsp3) is 0.176. The Balaban J connectivity index is 1.81. The zero-order valence-corrected chi connectivity index (χ0v) is 14.9. The highest BCUT2D eigenvalue weighted by molar-refractivity contribution is 9.10. The van der Waals surface area contributed by atoms with E-state index in [2.05, 4.69) is 26.6 Å². The number of carbonyl (C=O) groups excluding carboxylic acids is 2. The number of amides is 2. The molecule has 0 radical (unpaired) electrons. The quantitative estimate of drug-likeness (QED) is 0.811. The Morgan fingerprint density at radius 3 is 2.43 bits per heavy atom. The second kappa shape index (κ2) is 8.13. The van der Waals surface area contributed by atoms with Crippen molar-refractivity contribution in [2.45, 2.75) is 13.3 Å². The van der Waals surface area contributed by atoms with Crippen LogP contribution in [0, 0.1) is 6.92 Å². The summed E-state index contributed by atoms with van der Waals surface area (Å²) in [5, 5.41) is 5.97. The predicted molar refractivity (Wildman–Crippen MR) is 95.7 cm³/mol. The molecule has 0 unspecified atom stereocenters. The third-order valence-corrected chi connectivity index (χ3v) is 3.95. The van der Waals surface area contributed by atoms with Gasteiger partial charge in [-0.2, -0.15) is 0 Å². The Morgan fingerprint density at radius 1 is 1.09 bits per heavy atom. The van der Waals surface area contributed by atoms with Crippen LogP contribution in [0.4, 0.5) is 5.69 Å². The number of aryl methyl sites for hydroxylation is 1. The molecule has 0 aliphatic heterocycles. The summed E-state index contributed by atoms with van der Waals surface area (Å²) in [6, 6.07) is 12.7. The molecule has 0 saturated heterocycles. The minimum Gasteiger partial charge on any atom is -0.347 e. The van der Waals surface area contributed by atoms with Gasteiger partial charge in [-0.05, 0) is 48.4 Å². The van der Waals surface area contributed by atoms with Crippen LogP contribution in [0.25, 0.3) is 0 Å². The highest BCUT2D eigenvalue weighted by atomic mass is 79.9. The molecule has 2 aromatic carbocycles. The second-order valence-electron chi connectivity index (χ2n) is 5.09. The lowest BCUT2D eigenvalue weighted by molar-refractivity contribution is -0.123. The van der Waals surface area contributed by atoms with Gasteiger partial charge >= 0.3 is 0 Å². The normalized spacial score (nSPS) is 10.2. The number of hydrogen-bond donors (Lipinski definition) is 2. The molecule has 120 valence electrons. The summed E-state index contributed by atoms with van der Waals surface area (Å²) < 4.78 is 0.958. The van der Waals surface area contributed by atoms with Crippen molar-refractivity contribution in [1.82, 2.24) is 5.32 Å². The van der Waals surface area contributed by atoms with Crippen LogP contribution >= 0.6 is 27.5 Å². The van der Waals surface area contributed by atoms with E-state index in [0.717, 1.165) is 15.6 Å². The van der Waals surface area contributed by atoms with Gasteiger partial charge in [-0.1, -0.05) is 39.7 Å². The number of benzene rings is 2. The lowest BCUT2D eigenvalue weighted by Gasteiger charge is -2.09. The van der Waals surface area contributed by atoms with Crippen LogP contribution in [-0.2, 0) is 16.0 Å². The SMILES string of the molecule is Cc1cc(Cl)ccc1NC(=O)CNC(=O)Cc1ccc(Br)cc1. The maximum absolute atomic E-state index is 11.9. The van der Waals surface area contributed by atoms with Crippen LogP contribution in [0.2, 0.25) is 5.02 Å². The van der Waals surface area contributed by atoms with Crippen molar-refractivity contribution in [2.24, 2.45) is 0 Å². The molecule has 0 aliphatic rings. The molecule has 2 N–H and O–H groups in total. The summed E-state index contributed by atoms with van der Waals surface area (Å²) in [5.74, 6) is -0.477. The summed E-state index contributed by atoms with van der Waals surface area (Å²) in [4.78, 5) is 23.7. The number of hydrogen-bond acceptors (Lipinski definition) is 2. The molecular formula is C17H16BrClN2O2. The number of rotatable bonds is 5.